The van der Waals surface area contributed by atoms with Crippen molar-refractivity contribution in [1.82, 2.24) is 0 Å². The van der Waals surface area contributed by atoms with Gasteiger partial charge in [-0.3, -0.25) is 0 Å². The third kappa shape index (κ3) is 11.2. The second-order valence-corrected chi connectivity index (χ2v) is 12.8. The first-order valence-electron chi connectivity index (χ1n) is 12.1. The third-order valence-electron chi connectivity index (χ3n) is 6.07. The molecule has 0 aromatic carbocycles. The molecule has 0 saturated carbocycles. The van der Waals surface area contributed by atoms with Gasteiger partial charge in [-0.05, 0) is 0 Å². The Morgan fingerprint density at radius 1 is 0.230 bits per heavy atom. The molecule has 0 N–H and O–H groups in total. The normalized spacial score (nSPS) is 16.2. The van der Waals surface area contributed by atoms with Crippen molar-refractivity contribution in [1.29, 1.82) is 0 Å². The van der Waals surface area contributed by atoms with Crippen LogP contribution in [-0.2, 0) is 37.5 Å². The molecule has 0 spiro atoms. The van der Waals surface area contributed by atoms with Gasteiger partial charge < -0.3 is 15.2 Å². The zero-order valence-corrected chi connectivity index (χ0v) is 29.7. The van der Waals surface area contributed by atoms with E-state index >= 15 is 0 Å². The van der Waals surface area contributed by atoms with Crippen LogP contribution >= 0.6 is 23.2 Å². The van der Waals surface area contributed by atoms with Crippen LogP contribution in [0.4, 0.5) is 158 Å². The molecule has 0 fully saturated rings. The van der Waals surface area contributed by atoms with E-state index in [2.05, 4.69) is 0 Å². The Hall–Kier alpha value is -0.827. The Kier molecular flexibility index (Phi) is 18.8. The van der Waals surface area contributed by atoms with Crippen molar-refractivity contribution in [2.45, 2.75) is 96.5 Å². The molecule has 0 saturated heterocycles. The van der Waals surface area contributed by atoms with Gasteiger partial charge in [0.1, 0.15) is 0 Å². The van der Waals surface area contributed by atoms with Crippen LogP contribution in [-0.4, -0.2) is 116 Å². The monoisotopic (exact) mass is 1160 g/mol. The van der Waals surface area contributed by atoms with Crippen molar-refractivity contribution < 1.29 is 196 Å². The van der Waals surface area contributed by atoms with Gasteiger partial charge in [0, 0.05) is 0 Å². The summed E-state index contributed by atoms with van der Waals surface area (Å²) in [5.74, 6) is 0. The standard InChI is InChI=1S/4C4F9O.CH2Cl2.Ag.Al/c4*5-2(6,7)1(14,3(8,9)10)4(11,12)13;2-1-3;;/h;;;;1H2;;/q4*-1;;+1;+3. The number of hydrogen-bond donors (Lipinski definition) is 0. The van der Waals surface area contributed by atoms with E-state index in [9.17, 15) is 158 Å². The second kappa shape index (κ2) is 17.8. The van der Waals surface area contributed by atoms with Gasteiger partial charge in [-0.1, -0.05) is 0 Å². The van der Waals surface area contributed by atoms with Crippen LogP contribution < -0.4 is 0 Å². The minimum atomic E-state index is -13.8. The summed E-state index contributed by atoms with van der Waals surface area (Å²) in [6.45, 7) is 0. The Labute approximate surface area is 335 Å². The second-order valence-electron chi connectivity index (χ2n) is 9.85. The molecule has 0 atom stereocenters. The molecule has 0 heterocycles. The molecule has 0 aromatic heterocycles. The van der Waals surface area contributed by atoms with Crippen LogP contribution in [0.2, 0.25) is 0 Å². The van der Waals surface area contributed by atoms with Gasteiger partial charge in [0.05, 0.1) is 5.34 Å². The molecule has 0 aliphatic carbocycles. The summed E-state index contributed by atoms with van der Waals surface area (Å²) in [4.78, 5) is 0. The largest absolute Gasteiger partial charge is 1.00 e. The maximum atomic E-state index is 13.6. The molecule has 44 heteroatoms. The average Bonchev–Trinajstić information content (AvgIpc) is 2.83. The number of alkyl halides is 38. The molecular weight excluding hydrogens is 1160 g/mol. The molecule has 374 valence electrons. The Morgan fingerprint density at radius 2 is 0.295 bits per heavy atom. The van der Waals surface area contributed by atoms with Crippen molar-refractivity contribution in [3.63, 3.8) is 0 Å². The van der Waals surface area contributed by atoms with Gasteiger partial charge in [-0.25, -0.2) is 0 Å². The zero-order chi connectivity index (χ0) is 50.0. The molecule has 0 amide bonds. The smallest absolute Gasteiger partial charge is 0.562 e. The molecule has 0 radical (unpaired) electrons. The molecule has 0 aromatic rings. The van der Waals surface area contributed by atoms with E-state index in [1.165, 1.54) is 0 Å². The van der Waals surface area contributed by atoms with Crippen LogP contribution in [0.1, 0.15) is 0 Å². The third-order valence-corrected chi connectivity index (χ3v) is 8.64. The molecule has 4 nitrogen and oxygen atoms in total. The molecule has 0 unspecified atom stereocenters. The minimum absolute atomic E-state index is 0. The van der Waals surface area contributed by atoms with Crippen molar-refractivity contribution >= 4 is 37.6 Å². The van der Waals surface area contributed by atoms with Gasteiger partial charge in [0.15, 0.2) is 0 Å². The molecule has 0 bridgehead atoms. The van der Waals surface area contributed by atoms with Crippen LogP contribution in [0.25, 0.3) is 0 Å². The van der Waals surface area contributed by atoms with Crippen molar-refractivity contribution in [3.8, 4) is 0 Å². The average molecular weight is 1160 g/mol. The first kappa shape index (κ1) is 64.5. The van der Waals surface area contributed by atoms with E-state index < -0.39 is 111 Å². The fourth-order valence-corrected chi connectivity index (χ4v) is 7.37. The number of halogens is 38. The SMILES string of the molecule is ClCCl.FC(F)(F)C([O][Al-]([O]C(C(F)(F)F)(C(F)(F)F)C(F)(F)F)([O]C(C(F)(F)F)(C(F)(F)F)C(F)(F)F)[O]C(C(F)(F)F)(C(F)(F)F)C(F)(F)F)(C(F)(F)F)C(F)(F)F.[Ag+]. The molecule has 0 aliphatic rings. The van der Waals surface area contributed by atoms with Crippen LogP contribution in [0.3, 0.4) is 0 Å². The van der Waals surface area contributed by atoms with E-state index in [1.807, 2.05) is 0 Å². The fourth-order valence-electron chi connectivity index (χ4n) is 3.74. The number of rotatable bonds is 8. The van der Waals surface area contributed by atoms with Gasteiger partial charge in [-0.2, -0.15) is 158 Å². The van der Waals surface area contributed by atoms with Crippen molar-refractivity contribution in [3.05, 3.63) is 0 Å². The van der Waals surface area contributed by atoms with Gasteiger partial charge >= 0.3 is 133 Å². The fraction of sp³-hybridized carbons (Fsp3) is 1.00. The topological polar surface area (TPSA) is 36.9 Å². The van der Waals surface area contributed by atoms with E-state index in [0.29, 0.717) is 0 Å². The summed E-state index contributed by atoms with van der Waals surface area (Å²) in [5, 5.41) is 0.194. The van der Waals surface area contributed by atoms with Crippen molar-refractivity contribution in [2.75, 3.05) is 5.34 Å². The molecule has 0 rings (SSSR count). The predicted molar refractivity (Wildman–Crippen MR) is 110 cm³/mol. The molecular formula is C17H2AgAlCl2F36O4. The Balaban J connectivity index is -0.00000814. The van der Waals surface area contributed by atoms with Crippen LogP contribution in [0, 0.1) is 0 Å². The quantitative estimate of drug-likeness (QED) is 0.138. The number of hydrogen-bond acceptors (Lipinski definition) is 4. The predicted octanol–water partition coefficient (Wildman–Crippen LogP) is 12.6. The molecule has 0 aliphatic heterocycles. The summed E-state index contributed by atoms with van der Waals surface area (Å²) < 4.78 is 493. The van der Waals surface area contributed by atoms with E-state index in [4.69, 9.17) is 23.2 Å². The summed E-state index contributed by atoms with van der Waals surface area (Å²) in [7, 11) is 0. The van der Waals surface area contributed by atoms with Crippen molar-refractivity contribution in [2.24, 2.45) is 0 Å². The summed E-state index contributed by atoms with van der Waals surface area (Å²) in [6, 6.07) is 0. The van der Waals surface area contributed by atoms with E-state index in [1.54, 1.807) is 0 Å². The minimum Gasteiger partial charge on any atom is -0.562 e. The Morgan fingerprint density at radius 3 is 0.344 bits per heavy atom. The van der Waals surface area contributed by atoms with E-state index in [0.717, 1.165) is 15.2 Å². The van der Waals surface area contributed by atoms with Gasteiger partial charge in [-0.15, -0.1) is 23.2 Å². The maximum absolute atomic E-state index is 13.8. The summed E-state index contributed by atoms with van der Waals surface area (Å²) in [6.07, 6.45) is -116. The first-order valence-corrected chi connectivity index (χ1v) is 15.1. The first-order chi connectivity index (χ1) is 25.2. The maximum Gasteiger partial charge on any atom is 1.00 e. The summed E-state index contributed by atoms with van der Waals surface area (Å²) in [5.41, 5.74) is -40.5. The van der Waals surface area contributed by atoms with Crippen LogP contribution in [0.15, 0.2) is 0 Å². The molecule has 61 heavy (non-hydrogen) atoms. The van der Waals surface area contributed by atoms with Crippen LogP contribution in [0.5, 0.6) is 0 Å². The Bertz CT molecular complexity index is 1060. The van der Waals surface area contributed by atoms with Gasteiger partial charge in [0.2, 0.25) is 0 Å². The van der Waals surface area contributed by atoms with Gasteiger partial charge in [0.25, 0.3) is 0 Å². The summed E-state index contributed by atoms with van der Waals surface area (Å²) >= 11 is -4.28. The zero-order valence-electron chi connectivity index (χ0n) is 25.6. The van der Waals surface area contributed by atoms with E-state index in [-0.39, 0.29) is 27.7 Å².